The number of carbonyl (C=O) groups is 3. The molecule has 0 atom stereocenters. The smallest absolute Gasteiger partial charge is 0.310 e. The molecule has 0 saturated carbocycles. The van der Waals surface area contributed by atoms with E-state index >= 15 is 0 Å². The minimum absolute atomic E-state index is 0.113. The third-order valence-electron chi connectivity index (χ3n) is 3.38. The highest BCUT2D eigenvalue weighted by molar-refractivity contribution is 6.31. The lowest BCUT2D eigenvalue weighted by molar-refractivity contribution is -0.148. The van der Waals surface area contributed by atoms with E-state index in [1.54, 1.807) is 12.1 Å². The maximum absolute atomic E-state index is 13.5. The third-order valence-corrected chi connectivity index (χ3v) is 3.61. The Hall–Kier alpha value is -3.13. The van der Waals surface area contributed by atoms with E-state index in [1.807, 2.05) is 0 Å². The van der Waals surface area contributed by atoms with Crippen LogP contribution in [0.3, 0.4) is 0 Å². The van der Waals surface area contributed by atoms with Crippen molar-refractivity contribution in [3.05, 3.63) is 64.4 Å². The summed E-state index contributed by atoms with van der Waals surface area (Å²) in [4.78, 5) is 35.4. The number of rotatable bonds is 6. The van der Waals surface area contributed by atoms with Gasteiger partial charge in [-0.25, -0.2) is 4.39 Å². The standard InChI is InChI=1S/C18H16ClFN2O5/c1-26-15-7-6-12(19)9-13(15)18(25)22-21-16(23)10-27-17(24)8-11-4-2-3-5-14(11)20/h2-7,9H,8,10H2,1H3,(H,21,23)(H,22,25). The monoisotopic (exact) mass is 394 g/mol. The van der Waals surface area contributed by atoms with E-state index in [4.69, 9.17) is 21.1 Å². The molecule has 0 aliphatic rings. The van der Waals surface area contributed by atoms with Crippen LogP contribution in [0.2, 0.25) is 5.02 Å². The highest BCUT2D eigenvalue weighted by atomic mass is 35.5. The molecule has 0 heterocycles. The number of methoxy groups -OCH3 is 1. The lowest BCUT2D eigenvalue weighted by atomic mass is 10.1. The van der Waals surface area contributed by atoms with Crippen LogP contribution >= 0.6 is 11.6 Å². The van der Waals surface area contributed by atoms with Gasteiger partial charge in [-0.05, 0) is 29.8 Å². The summed E-state index contributed by atoms with van der Waals surface area (Å²) in [5.41, 5.74) is 4.52. The zero-order valence-corrected chi connectivity index (χ0v) is 15.0. The van der Waals surface area contributed by atoms with Crippen LogP contribution < -0.4 is 15.6 Å². The molecule has 0 unspecified atom stereocenters. The first-order valence-electron chi connectivity index (χ1n) is 7.72. The fourth-order valence-corrected chi connectivity index (χ4v) is 2.25. The van der Waals surface area contributed by atoms with Gasteiger partial charge in [0, 0.05) is 5.02 Å². The molecule has 7 nitrogen and oxygen atoms in total. The van der Waals surface area contributed by atoms with Crippen LogP contribution in [-0.4, -0.2) is 31.5 Å². The molecule has 2 aromatic carbocycles. The molecule has 0 aliphatic heterocycles. The largest absolute Gasteiger partial charge is 0.496 e. The molecule has 27 heavy (non-hydrogen) atoms. The molecular formula is C18H16ClFN2O5. The molecule has 142 valence electrons. The summed E-state index contributed by atoms with van der Waals surface area (Å²) in [5.74, 6) is -2.49. The fourth-order valence-electron chi connectivity index (χ4n) is 2.08. The van der Waals surface area contributed by atoms with Crippen molar-refractivity contribution in [2.45, 2.75) is 6.42 Å². The predicted octanol–water partition coefficient (Wildman–Crippen LogP) is 2.03. The molecular weight excluding hydrogens is 379 g/mol. The van der Waals surface area contributed by atoms with Crippen molar-refractivity contribution >= 4 is 29.4 Å². The molecule has 0 aliphatic carbocycles. The van der Waals surface area contributed by atoms with Crippen molar-refractivity contribution < 1.29 is 28.2 Å². The van der Waals surface area contributed by atoms with Crippen molar-refractivity contribution in [1.82, 2.24) is 10.9 Å². The molecule has 0 radical (unpaired) electrons. The normalized spacial score (nSPS) is 10.0. The topological polar surface area (TPSA) is 93.7 Å². The first-order valence-corrected chi connectivity index (χ1v) is 8.10. The fraction of sp³-hybridized carbons (Fsp3) is 0.167. The highest BCUT2D eigenvalue weighted by Crippen LogP contribution is 2.22. The van der Waals surface area contributed by atoms with Gasteiger partial charge in [-0.15, -0.1) is 0 Å². The van der Waals surface area contributed by atoms with E-state index in [-0.39, 0.29) is 23.3 Å². The van der Waals surface area contributed by atoms with Crippen LogP contribution in [0.25, 0.3) is 0 Å². The molecule has 2 aromatic rings. The van der Waals surface area contributed by atoms with Gasteiger partial charge in [-0.3, -0.25) is 25.2 Å². The highest BCUT2D eigenvalue weighted by Gasteiger charge is 2.15. The van der Waals surface area contributed by atoms with Crippen LogP contribution in [0.1, 0.15) is 15.9 Å². The molecule has 2 amide bonds. The van der Waals surface area contributed by atoms with Crippen LogP contribution in [0, 0.1) is 5.82 Å². The Morgan fingerprint density at radius 3 is 2.56 bits per heavy atom. The molecule has 0 spiro atoms. The molecule has 0 aromatic heterocycles. The molecule has 9 heteroatoms. The minimum atomic E-state index is -0.780. The second kappa shape index (κ2) is 9.54. The molecule has 2 rings (SSSR count). The first kappa shape index (κ1) is 20.2. The van der Waals surface area contributed by atoms with E-state index in [1.165, 1.54) is 37.4 Å². The van der Waals surface area contributed by atoms with Gasteiger partial charge in [0.1, 0.15) is 11.6 Å². The summed E-state index contributed by atoms with van der Waals surface area (Å²) in [6.45, 7) is -0.639. The van der Waals surface area contributed by atoms with E-state index in [0.717, 1.165) is 0 Å². The average molecular weight is 395 g/mol. The average Bonchev–Trinajstić information content (AvgIpc) is 2.66. The van der Waals surface area contributed by atoms with Crippen molar-refractivity contribution in [3.63, 3.8) is 0 Å². The lowest BCUT2D eigenvalue weighted by Crippen LogP contribution is -2.43. The number of benzene rings is 2. The zero-order chi connectivity index (χ0) is 19.8. The third kappa shape index (κ3) is 5.96. The zero-order valence-electron chi connectivity index (χ0n) is 14.3. The molecule has 2 N–H and O–H groups in total. The number of hydrogen-bond donors (Lipinski definition) is 2. The van der Waals surface area contributed by atoms with Crippen molar-refractivity contribution in [1.29, 1.82) is 0 Å². The van der Waals surface area contributed by atoms with E-state index in [0.29, 0.717) is 5.02 Å². The van der Waals surface area contributed by atoms with Crippen LogP contribution in [0.15, 0.2) is 42.5 Å². The summed E-state index contributed by atoms with van der Waals surface area (Å²) in [7, 11) is 1.38. The molecule has 0 fully saturated rings. The van der Waals surface area contributed by atoms with Gasteiger partial charge in [-0.2, -0.15) is 0 Å². The number of ether oxygens (including phenoxy) is 2. The summed E-state index contributed by atoms with van der Waals surface area (Å²) >= 11 is 5.84. The number of esters is 1. The molecule has 0 saturated heterocycles. The maximum atomic E-state index is 13.5. The number of hydrazine groups is 1. The Bertz CT molecular complexity index is 859. The number of carbonyl (C=O) groups excluding carboxylic acids is 3. The number of amides is 2. The summed E-state index contributed by atoms with van der Waals surface area (Å²) in [6, 6.07) is 10.2. The minimum Gasteiger partial charge on any atom is -0.496 e. The number of hydrogen-bond acceptors (Lipinski definition) is 5. The predicted molar refractivity (Wildman–Crippen MR) is 94.7 cm³/mol. The summed E-state index contributed by atoms with van der Waals surface area (Å²) in [5, 5.41) is 0.314. The van der Waals surface area contributed by atoms with Gasteiger partial charge in [0.25, 0.3) is 11.8 Å². The maximum Gasteiger partial charge on any atom is 0.310 e. The Kier molecular flexibility index (Phi) is 7.13. The van der Waals surface area contributed by atoms with Gasteiger partial charge in [0.2, 0.25) is 0 Å². The second-order valence-corrected chi connectivity index (χ2v) is 5.71. The lowest BCUT2D eigenvalue weighted by Gasteiger charge is -2.11. The van der Waals surface area contributed by atoms with E-state index < -0.39 is 30.2 Å². The van der Waals surface area contributed by atoms with Crippen LogP contribution in [0.4, 0.5) is 4.39 Å². The quantitative estimate of drug-likeness (QED) is 0.577. The second-order valence-electron chi connectivity index (χ2n) is 5.28. The van der Waals surface area contributed by atoms with E-state index in [9.17, 15) is 18.8 Å². The van der Waals surface area contributed by atoms with Crippen LogP contribution in [0.5, 0.6) is 5.75 Å². The Morgan fingerprint density at radius 2 is 1.85 bits per heavy atom. The van der Waals surface area contributed by atoms with Gasteiger partial charge >= 0.3 is 5.97 Å². The molecule has 0 bridgehead atoms. The Morgan fingerprint density at radius 1 is 1.11 bits per heavy atom. The SMILES string of the molecule is COc1ccc(Cl)cc1C(=O)NNC(=O)COC(=O)Cc1ccccc1F. The van der Waals surface area contributed by atoms with Gasteiger partial charge in [0.05, 0.1) is 19.1 Å². The van der Waals surface area contributed by atoms with Crippen molar-refractivity contribution in [2.75, 3.05) is 13.7 Å². The van der Waals surface area contributed by atoms with Gasteiger partial charge in [-0.1, -0.05) is 29.8 Å². The Labute approximate surface area is 159 Å². The van der Waals surface area contributed by atoms with Gasteiger partial charge in [0.15, 0.2) is 6.61 Å². The van der Waals surface area contributed by atoms with Crippen LogP contribution in [-0.2, 0) is 20.7 Å². The Balaban J connectivity index is 1.81. The van der Waals surface area contributed by atoms with Crippen molar-refractivity contribution in [2.24, 2.45) is 0 Å². The first-order chi connectivity index (χ1) is 12.9. The summed E-state index contributed by atoms with van der Waals surface area (Å²) < 4.78 is 23.2. The van der Waals surface area contributed by atoms with E-state index in [2.05, 4.69) is 10.9 Å². The van der Waals surface area contributed by atoms with Crippen molar-refractivity contribution in [3.8, 4) is 5.75 Å². The number of halogens is 2. The van der Waals surface area contributed by atoms with Gasteiger partial charge < -0.3 is 9.47 Å². The summed E-state index contributed by atoms with van der Waals surface area (Å²) in [6.07, 6.45) is -0.313. The number of nitrogens with one attached hydrogen (secondary N) is 2.